The Hall–Kier alpha value is -1.66. The smallest absolute Gasteiger partial charge is 0.241 e. The number of sulfonamides is 1. The zero-order valence-corrected chi connectivity index (χ0v) is 16.6. The standard InChI is InChI=1S/C18H27N3O2S/c1-10-11(2)13(4)18(14(5)12(10)3)24(22,23)19-9-17-15(6)20-21(8)16(17)7/h19H,9H2,1-8H3. The van der Waals surface area contributed by atoms with Crippen LogP contribution in [0.15, 0.2) is 4.90 Å². The summed E-state index contributed by atoms with van der Waals surface area (Å²) < 4.78 is 30.4. The number of benzene rings is 1. The zero-order valence-electron chi connectivity index (χ0n) is 15.8. The fraction of sp³-hybridized carbons (Fsp3) is 0.500. The van der Waals surface area contributed by atoms with Gasteiger partial charge in [-0.15, -0.1) is 0 Å². The number of aromatic nitrogens is 2. The van der Waals surface area contributed by atoms with Crippen molar-refractivity contribution in [3.8, 4) is 0 Å². The van der Waals surface area contributed by atoms with E-state index in [0.29, 0.717) is 4.90 Å². The van der Waals surface area contributed by atoms with Gasteiger partial charge in [0.2, 0.25) is 10.0 Å². The average Bonchev–Trinajstić information content (AvgIpc) is 2.74. The van der Waals surface area contributed by atoms with Gasteiger partial charge in [0.15, 0.2) is 0 Å². The van der Waals surface area contributed by atoms with Gasteiger partial charge in [0, 0.05) is 24.8 Å². The van der Waals surface area contributed by atoms with E-state index in [0.717, 1.165) is 44.8 Å². The van der Waals surface area contributed by atoms with Crippen LogP contribution in [0.3, 0.4) is 0 Å². The molecule has 132 valence electrons. The van der Waals surface area contributed by atoms with Crippen LogP contribution in [0.2, 0.25) is 0 Å². The van der Waals surface area contributed by atoms with Gasteiger partial charge >= 0.3 is 0 Å². The summed E-state index contributed by atoms with van der Waals surface area (Å²) in [5.41, 5.74) is 7.62. The molecule has 0 unspecified atom stereocenters. The molecule has 0 aliphatic rings. The number of nitrogens with one attached hydrogen (secondary N) is 1. The van der Waals surface area contributed by atoms with Crippen LogP contribution in [0.4, 0.5) is 0 Å². The zero-order chi connectivity index (χ0) is 18.4. The molecule has 0 aliphatic heterocycles. The highest BCUT2D eigenvalue weighted by atomic mass is 32.2. The molecule has 0 saturated carbocycles. The first-order chi connectivity index (χ1) is 11.0. The minimum Gasteiger partial charge on any atom is -0.272 e. The minimum atomic E-state index is -3.59. The van der Waals surface area contributed by atoms with Gasteiger partial charge in [0.25, 0.3) is 0 Å². The van der Waals surface area contributed by atoms with E-state index in [1.807, 2.05) is 55.5 Å². The van der Waals surface area contributed by atoms with Crippen molar-refractivity contribution in [1.82, 2.24) is 14.5 Å². The van der Waals surface area contributed by atoms with E-state index >= 15 is 0 Å². The third-order valence-electron chi connectivity index (χ3n) is 5.30. The van der Waals surface area contributed by atoms with Gasteiger partial charge in [-0.25, -0.2) is 13.1 Å². The number of hydrogen-bond acceptors (Lipinski definition) is 3. The average molecular weight is 350 g/mol. The minimum absolute atomic E-state index is 0.249. The van der Waals surface area contributed by atoms with Gasteiger partial charge in [0.05, 0.1) is 10.6 Å². The molecule has 0 fully saturated rings. The topological polar surface area (TPSA) is 64.0 Å². The van der Waals surface area contributed by atoms with E-state index in [4.69, 9.17) is 0 Å². The molecule has 1 N–H and O–H groups in total. The van der Waals surface area contributed by atoms with Crippen molar-refractivity contribution >= 4 is 10.0 Å². The van der Waals surface area contributed by atoms with E-state index < -0.39 is 10.0 Å². The van der Waals surface area contributed by atoms with Crippen molar-refractivity contribution in [1.29, 1.82) is 0 Å². The Kier molecular flexibility index (Phi) is 4.93. The van der Waals surface area contributed by atoms with Crippen LogP contribution in [-0.4, -0.2) is 18.2 Å². The van der Waals surface area contributed by atoms with Crippen molar-refractivity contribution < 1.29 is 8.42 Å². The van der Waals surface area contributed by atoms with Crippen molar-refractivity contribution in [2.75, 3.05) is 0 Å². The summed E-state index contributed by atoms with van der Waals surface area (Å²) in [6.45, 7) is 13.8. The molecular weight excluding hydrogens is 322 g/mol. The quantitative estimate of drug-likeness (QED) is 0.923. The predicted molar refractivity (Wildman–Crippen MR) is 96.8 cm³/mol. The molecule has 0 atom stereocenters. The highest BCUT2D eigenvalue weighted by molar-refractivity contribution is 7.89. The second kappa shape index (κ2) is 6.33. The molecule has 0 spiro atoms. The molecule has 0 bridgehead atoms. The summed E-state index contributed by atoms with van der Waals surface area (Å²) in [5.74, 6) is 0. The summed E-state index contributed by atoms with van der Waals surface area (Å²) in [7, 11) is -1.73. The first-order valence-electron chi connectivity index (χ1n) is 8.04. The molecule has 6 heteroatoms. The number of nitrogens with zero attached hydrogens (tertiary/aromatic N) is 2. The van der Waals surface area contributed by atoms with Crippen molar-refractivity contribution in [3.63, 3.8) is 0 Å². The molecule has 0 aliphatic carbocycles. The second-order valence-corrected chi connectivity index (χ2v) is 8.26. The maximum absolute atomic E-state index is 13.0. The molecule has 1 aromatic carbocycles. The molecule has 0 amide bonds. The van der Waals surface area contributed by atoms with Crippen LogP contribution in [0.5, 0.6) is 0 Å². The highest BCUT2D eigenvalue weighted by Crippen LogP contribution is 2.29. The second-order valence-electron chi connectivity index (χ2n) is 6.55. The first kappa shape index (κ1) is 18.7. The molecule has 0 saturated heterocycles. The fourth-order valence-corrected chi connectivity index (χ4v) is 4.77. The molecular formula is C18H27N3O2S. The molecule has 5 nitrogen and oxygen atoms in total. The third kappa shape index (κ3) is 3.00. The van der Waals surface area contributed by atoms with Crippen LogP contribution in [0.1, 0.15) is 44.8 Å². The molecule has 24 heavy (non-hydrogen) atoms. The van der Waals surface area contributed by atoms with Crippen molar-refractivity contribution in [2.45, 2.75) is 59.9 Å². The van der Waals surface area contributed by atoms with E-state index in [1.54, 1.807) is 4.68 Å². The van der Waals surface area contributed by atoms with Crippen LogP contribution in [0, 0.1) is 48.5 Å². The summed E-state index contributed by atoms with van der Waals surface area (Å²) in [6.07, 6.45) is 0. The van der Waals surface area contributed by atoms with Crippen LogP contribution < -0.4 is 4.72 Å². The summed E-state index contributed by atoms with van der Waals surface area (Å²) in [6, 6.07) is 0. The van der Waals surface area contributed by atoms with Gasteiger partial charge in [-0.2, -0.15) is 5.10 Å². The summed E-state index contributed by atoms with van der Waals surface area (Å²) in [5, 5.41) is 4.34. The van der Waals surface area contributed by atoms with Gasteiger partial charge in [-0.1, -0.05) is 0 Å². The Morgan fingerprint density at radius 1 is 0.875 bits per heavy atom. The van der Waals surface area contributed by atoms with Gasteiger partial charge in [0.1, 0.15) is 0 Å². The Morgan fingerprint density at radius 2 is 1.33 bits per heavy atom. The maximum atomic E-state index is 13.0. The maximum Gasteiger partial charge on any atom is 0.241 e. The number of hydrogen-bond donors (Lipinski definition) is 1. The van der Waals surface area contributed by atoms with Crippen LogP contribution in [-0.2, 0) is 23.6 Å². The molecule has 0 radical (unpaired) electrons. The van der Waals surface area contributed by atoms with Gasteiger partial charge in [-0.3, -0.25) is 4.68 Å². The summed E-state index contributed by atoms with van der Waals surface area (Å²) >= 11 is 0. The third-order valence-corrected chi connectivity index (χ3v) is 6.97. The van der Waals surface area contributed by atoms with E-state index in [-0.39, 0.29) is 6.54 Å². The Bertz CT molecular complexity index is 880. The normalized spacial score (nSPS) is 12.0. The number of aryl methyl sites for hydroxylation is 2. The lowest BCUT2D eigenvalue weighted by molar-refractivity contribution is 0.579. The molecule has 2 rings (SSSR count). The molecule has 1 heterocycles. The van der Waals surface area contributed by atoms with Crippen LogP contribution >= 0.6 is 0 Å². The Morgan fingerprint density at radius 3 is 1.75 bits per heavy atom. The lowest BCUT2D eigenvalue weighted by Crippen LogP contribution is -2.26. The molecule has 1 aromatic heterocycles. The largest absolute Gasteiger partial charge is 0.272 e. The summed E-state index contributed by atoms with van der Waals surface area (Å²) in [4.78, 5) is 0.405. The highest BCUT2D eigenvalue weighted by Gasteiger charge is 2.24. The van der Waals surface area contributed by atoms with Crippen LogP contribution in [0.25, 0.3) is 0 Å². The van der Waals surface area contributed by atoms with E-state index in [9.17, 15) is 8.42 Å². The fourth-order valence-electron chi connectivity index (χ4n) is 3.18. The van der Waals surface area contributed by atoms with E-state index in [1.165, 1.54) is 0 Å². The first-order valence-corrected chi connectivity index (χ1v) is 9.53. The Labute approximate surface area is 145 Å². The number of rotatable bonds is 4. The molecule has 2 aromatic rings. The van der Waals surface area contributed by atoms with Gasteiger partial charge in [-0.05, 0) is 76.3 Å². The lowest BCUT2D eigenvalue weighted by atomic mass is 9.95. The lowest BCUT2D eigenvalue weighted by Gasteiger charge is -2.19. The van der Waals surface area contributed by atoms with Crippen molar-refractivity contribution in [3.05, 3.63) is 44.8 Å². The monoisotopic (exact) mass is 349 g/mol. The van der Waals surface area contributed by atoms with Crippen molar-refractivity contribution in [2.24, 2.45) is 7.05 Å². The SMILES string of the molecule is Cc1nn(C)c(C)c1CNS(=O)(=O)c1c(C)c(C)c(C)c(C)c1C. The Balaban J connectivity index is 2.46. The van der Waals surface area contributed by atoms with Gasteiger partial charge < -0.3 is 0 Å². The predicted octanol–water partition coefficient (Wildman–Crippen LogP) is 3.06. The van der Waals surface area contributed by atoms with E-state index in [2.05, 4.69) is 9.82 Å².